The fourth-order valence-electron chi connectivity index (χ4n) is 2.28. The summed E-state index contributed by atoms with van der Waals surface area (Å²) in [7, 11) is 1.76. The second-order valence-electron chi connectivity index (χ2n) is 6.02. The largest absolute Gasteiger partial charge is 0.444 e. The van der Waals surface area contributed by atoms with Crippen LogP contribution in [0.5, 0.6) is 0 Å². The van der Waals surface area contributed by atoms with Crippen molar-refractivity contribution in [2.75, 3.05) is 12.3 Å². The van der Waals surface area contributed by atoms with Crippen LogP contribution in [0.15, 0.2) is 0 Å². The van der Waals surface area contributed by atoms with Crippen molar-refractivity contribution in [3.63, 3.8) is 0 Å². The van der Waals surface area contributed by atoms with Gasteiger partial charge in [-0.1, -0.05) is 0 Å². The van der Waals surface area contributed by atoms with Gasteiger partial charge in [0, 0.05) is 23.3 Å². The molecule has 1 aliphatic rings. The molecule has 1 heterocycles. The Balaban J connectivity index is 2.73. The number of rotatable bonds is 2. The number of carbonyl (C=O) groups is 1. The van der Waals surface area contributed by atoms with Crippen molar-refractivity contribution in [3.8, 4) is 0 Å². The lowest BCUT2D eigenvalue weighted by atomic mass is 9.92. The van der Waals surface area contributed by atoms with Crippen LogP contribution in [0.2, 0.25) is 0 Å². The van der Waals surface area contributed by atoms with E-state index in [-0.39, 0.29) is 17.7 Å². The van der Waals surface area contributed by atoms with Crippen molar-refractivity contribution in [2.24, 2.45) is 5.92 Å². The van der Waals surface area contributed by atoms with Crippen molar-refractivity contribution >= 4 is 25.8 Å². The Bertz CT molecular complexity index is 430. The molecule has 2 unspecified atom stereocenters. The number of amides is 1. The molecule has 1 fully saturated rings. The summed E-state index contributed by atoms with van der Waals surface area (Å²) in [5, 5.41) is 0. The number of ether oxygens (including phenoxy) is 1. The minimum atomic E-state index is -3.55. The van der Waals surface area contributed by atoms with Crippen molar-refractivity contribution < 1.29 is 17.9 Å². The molecule has 0 aromatic carbocycles. The number of hydrogen-bond acceptors (Lipinski definition) is 4. The smallest absolute Gasteiger partial charge is 0.410 e. The normalized spacial score (nSPS) is 25.2. The molecule has 0 bridgehead atoms. The second-order valence-corrected chi connectivity index (χ2v) is 8.84. The maximum atomic E-state index is 12.1. The first-order valence-electron chi connectivity index (χ1n) is 6.41. The molecule has 1 saturated heterocycles. The molecular weight excluding hydrogens is 290 g/mol. The maximum Gasteiger partial charge on any atom is 0.410 e. The number of piperidine rings is 1. The summed E-state index contributed by atoms with van der Waals surface area (Å²) in [4.78, 5) is 13.7. The molecular formula is C12H22ClNO4S. The first kappa shape index (κ1) is 16.6. The van der Waals surface area contributed by atoms with Gasteiger partial charge in [0.1, 0.15) is 5.60 Å². The van der Waals surface area contributed by atoms with Crippen molar-refractivity contribution in [1.29, 1.82) is 0 Å². The van der Waals surface area contributed by atoms with Crippen LogP contribution in [0, 0.1) is 5.92 Å². The average molecular weight is 312 g/mol. The fourth-order valence-corrected chi connectivity index (χ4v) is 3.72. The summed E-state index contributed by atoms with van der Waals surface area (Å²) in [6, 6.07) is -0.183. The van der Waals surface area contributed by atoms with E-state index in [0.717, 1.165) is 12.8 Å². The SMILES string of the molecule is CC1C(CS(=O)(=O)Cl)CCCN1C(=O)OC(C)(C)C. The van der Waals surface area contributed by atoms with E-state index in [2.05, 4.69) is 0 Å². The first-order valence-corrected chi connectivity index (χ1v) is 8.89. The zero-order valence-corrected chi connectivity index (χ0v) is 13.4. The Labute approximate surface area is 119 Å². The summed E-state index contributed by atoms with van der Waals surface area (Å²) in [6.45, 7) is 7.85. The van der Waals surface area contributed by atoms with Crippen LogP contribution < -0.4 is 0 Å². The van der Waals surface area contributed by atoms with Gasteiger partial charge >= 0.3 is 6.09 Å². The molecule has 5 nitrogen and oxygen atoms in total. The van der Waals surface area contributed by atoms with E-state index >= 15 is 0 Å². The molecule has 1 rings (SSSR count). The molecule has 19 heavy (non-hydrogen) atoms. The Hall–Kier alpha value is -0.490. The third-order valence-electron chi connectivity index (χ3n) is 3.19. The van der Waals surface area contributed by atoms with Crippen LogP contribution in [0.25, 0.3) is 0 Å². The van der Waals surface area contributed by atoms with Crippen LogP contribution >= 0.6 is 10.7 Å². The highest BCUT2D eigenvalue weighted by molar-refractivity contribution is 8.13. The highest BCUT2D eigenvalue weighted by Crippen LogP contribution is 2.27. The van der Waals surface area contributed by atoms with Gasteiger partial charge < -0.3 is 9.64 Å². The number of halogens is 1. The van der Waals surface area contributed by atoms with Crippen LogP contribution in [-0.2, 0) is 13.8 Å². The Morgan fingerprint density at radius 2 is 2.00 bits per heavy atom. The van der Waals surface area contributed by atoms with Crippen molar-refractivity contribution in [2.45, 2.75) is 52.2 Å². The topological polar surface area (TPSA) is 63.7 Å². The molecule has 0 spiro atoms. The molecule has 7 heteroatoms. The lowest BCUT2D eigenvalue weighted by molar-refractivity contribution is 0.00492. The van der Waals surface area contributed by atoms with Gasteiger partial charge in [-0.3, -0.25) is 0 Å². The van der Waals surface area contributed by atoms with E-state index in [1.165, 1.54) is 0 Å². The quantitative estimate of drug-likeness (QED) is 0.735. The van der Waals surface area contributed by atoms with Gasteiger partial charge in [0.2, 0.25) is 9.05 Å². The molecule has 0 N–H and O–H groups in total. The molecule has 1 amide bonds. The fraction of sp³-hybridized carbons (Fsp3) is 0.917. The molecule has 0 aromatic heterocycles. The molecule has 2 atom stereocenters. The van der Waals surface area contributed by atoms with E-state index in [0.29, 0.717) is 6.54 Å². The number of likely N-dealkylation sites (tertiary alicyclic amines) is 1. The summed E-state index contributed by atoms with van der Waals surface area (Å²) in [5.41, 5.74) is -0.553. The van der Waals surface area contributed by atoms with Crippen LogP contribution in [0.1, 0.15) is 40.5 Å². The summed E-state index contributed by atoms with van der Waals surface area (Å²) in [6.07, 6.45) is 1.13. The Kier molecular flexibility index (Phi) is 5.12. The van der Waals surface area contributed by atoms with E-state index in [1.54, 1.807) is 25.7 Å². The molecule has 0 aliphatic carbocycles. The highest BCUT2D eigenvalue weighted by Gasteiger charge is 2.35. The number of carbonyl (C=O) groups excluding carboxylic acids is 1. The first-order chi connectivity index (χ1) is 8.49. The van der Waals surface area contributed by atoms with Gasteiger partial charge in [-0.05, 0) is 46.5 Å². The van der Waals surface area contributed by atoms with Crippen LogP contribution in [-0.4, -0.2) is 43.4 Å². The van der Waals surface area contributed by atoms with Crippen molar-refractivity contribution in [1.82, 2.24) is 4.90 Å². The van der Waals surface area contributed by atoms with Crippen LogP contribution in [0.3, 0.4) is 0 Å². The minimum absolute atomic E-state index is 0.102. The summed E-state index contributed by atoms with van der Waals surface area (Å²) >= 11 is 0. The second kappa shape index (κ2) is 5.87. The van der Waals surface area contributed by atoms with Gasteiger partial charge in [-0.15, -0.1) is 0 Å². The molecule has 1 aliphatic heterocycles. The van der Waals surface area contributed by atoms with E-state index < -0.39 is 20.7 Å². The highest BCUT2D eigenvalue weighted by atomic mass is 35.7. The van der Waals surface area contributed by atoms with Gasteiger partial charge in [0.15, 0.2) is 0 Å². The summed E-state index contributed by atoms with van der Waals surface area (Å²) < 4.78 is 27.7. The third-order valence-corrected chi connectivity index (χ3v) is 4.39. The predicted molar refractivity (Wildman–Crippen MR) is 74.8 cm³/mol. The van der Waals surface area contributed by atoms with E-state index in [1.807, 2.05) is 6.92 Å². The Morgan fingerprint density at radius 1 is 1.42 bits per heavy atom. The minimum Gasteiger partial charge on any atom is -0.444 e. The number of hydrogen-bond donors (Lipinski definition) is 0. The van der Waals surface area contributed by atoms with E-state index in [9.17, 15) is 13.2 Å². The van der Waals surface area contributed by atoms with Crippen molar-refractivity contribution in [3.05, 3.63) is 0 Å². The predicted octanol–water partition coefficient (Wildman–Crippen LogP) is 2.59. The van der Waals surface area contributed by atoms with Crippen LogP contribution in [0.4, 0.5) is 4.79 Å². The molecule has 0 aromatic rings. The zero-order valence-electron chi connectivity index (χ0n) is 11.8. The lowest BCUT2D eigenvalue weighted by Crippen LogP contribution is -2.49. The maximum absolute atomic E-state index is 12.1. The zero-order chi connectivity index (χ0) is 14.8. The van der Waals surface area contributed by atoms with Gasteiger partial charge in [-0.2, -0.15) is 0 Å². The van der Waals surface area contributed by atoms with Gasteiger partial charge in [0.25, 0.3) is 0 Å². The van der Waals surface area contributed by atoms with E-state index in [4.69, 9.17) is 15.4 Å². The van der Waals surface area contributed by atoms with Gasteiger partial charge in [-0.25, -0.2) is 13.2 Å². The average Bonchev–Trinajstić information content (AvgIpc) is 2.16. The van der Waals surface area contributed by atoms with Gasteiger partial charge in [0.05, 0.1) is 5.75 Å². The Morgan fingerprint density at radius 3 is 2.47 bits per heavy atom. The monoisotopic (exact) mass is 311 g/mol. The summed E-state index contributed by atoms with van der Waals surface area (Å²) in [5.74, 6) is -0.238. The third kappa shape index (κ3) is 5.57. The standard InChI is InChI=1S/C12H22ClNO4S/c1-9-10(8-19(13,16)17)6-5-7-14(9)11(15)18-12(2,3)4/h9-10H,5-8H2,1-4H3. The lowest BCUT2D eigenvalue weighted by Gasteiger charge is -2.39. The molecule has 0 saturated carbocycles. The molecule has 112 valence electrons. The number of nitrogens with zero attached hydrogens (tertiary/aromatic N) is 1. The molecule has 0 radical (unpaired) electrons.